The van der Waals surface area contributed by atoms with Gasteiger partial charge < -0.3 is 15.9 Å². The van der Waals surface area contributed by atoms with Crippen molar-refractivity contribution in [2.75, 3.05) is 27.2 Å². The number of hydrogen-bond acceptors (Lipinski definition) is 9. The maximum Gasteiger partial charge on any atom is 0.391 e. The van der Waals surface area contributed by atoms with Crippen molar-refractivity contribution in [1.82, 2.24) is 9.80 Å². The Balaban J connectivity index is 1.34. The van der Waals surface area contributed by atoms with Crippen LogP contribution in [0, 0.1) is 29.6 Å². The fourth-order valence-electron chi connectivity index (χ4n) is 8.39. The summed E-state index contributed by atoms with van der Waals surface area (Å²) < 4.78 is 39.4. The van der Waals surface area contributed by atoms with Gasteiger partial charge in [-0.05, 0) is 93.2 Å². The van der Waals surface area contributed by atoms with Crippen molar-refractivity contribution in [2.24, 2.45) is 35.3 Å². The van der Waals surface area contributed by atoms with Gasteiger partial charge in [-0.25, -0.2) is 0 Å². The Labute approximate surface area is 268 Å². The van der Waals surface area contributed by atoms with Crippen LogP contribution >= 0.6 is 0 Å². The molecule has 13 heteroatoms. The second-order valence-corrected chi connectivity index (χ2v) is 13.6. The zero-order chi connectivity index (χ0) is 34.2. The summed E-state index contributed by atoms with van der Waals surface area (Å²) in [6, 6.07) is 9.17. The number of aromatic hydroxyl groups is 1. The van der Waals surface area contributed by atoms with E-state index < -0.39 is 76.4 Å². The lowest BCUT2D eigenvalue weighted by Crippen LogP contribution is -2.74. The average molecular weight is 656 g/mol. The molecule has 0 radical (unpaired) electrons. The first-order chi connectivity index (χ1) is 22.0. The van der Waals surface area contributed by atoms with E-state index >= 15 is 0 Å². The molecule has 0 spiro atoms. The number of amides is 1. The molecular weight excluding hydrogens is 619 g/mol. The number of carbonyl (C=O) groups excluding carboxylic acids is 5. The number of ketones is 4. The van der Waals surface area contributed by atoms with Crippen molar-refractivity contribution in [3.05, 3.63) is 53.1 Å². The Hall–Kier alpha value is -3.94. The molecule has 4 N–H and O–H groups in total. The molecule has 4 aliphatic rings. The summed E-state index contributed by atoms with van der Waals surface area (Å²) in [5, 5.41) is 22.6. The molecule has 10 nitrogen and oxygen atoms in total. The molecule has 3 fully saturated rings. The van der Waals surface area contributed by atoms with E-state index in [1.165, 1.54) is 25.1 Å². The number of hydrogen-bond donors (Lipinski definition) is 3. The van der Waals surface area contributed by atoms with Gasteiger partial charge in [0.25, 0.3) is 0 Å². The van der Waals surface area contributed by atoms with Crippen molar-refractivity contribution in [1.29, 1.82) is 0 Å². The number of nitrogens with two attached hydrogens (primary N) is 1. The number of piperidine rings is 1. The number of phenolic OH excluding ortho intramolecular Hbond substituents is 1. The highest BCUT2D eigenvalue weighted by atomic mass is 19.4. The van der Waals surface area contributed by atoms with Crippen molar-refractivity contribution in [3.8, 4) is 16.9 Å². The fraction of sp³-hybridized carbons (Fsp3) is 0.500. The number of fused-ring (bicyclic) bond motifs is 3. The van der Waals surface area contributed by atoms with Crippen LogP contribution in [0.3, 0.4) is 0 Å². The lowest BCUT2D eigenvalue weighted by Gasteiger charge is -2.52. The number of Topliss-reactive ketones (excluding diaryl/α,β-unsaturated/α-hetero) is 4. The van der Waals surface area contributed by atoms with Gasteiger partial charge in [0.2, 0.25) is 5.91 Å². The second-order valence-electron chi connectivity index (χ2n) is 13.6. The van der Waals surface area contributed by atoms with E-state index in [2.05, 4.69) is 0 Å². The Morgan fingerprint density at radius 2 is 1.74 bits per heavy atom. The predicted octanol–water partition coefficient (Wildman–Crippen LogP) is 2.31. The lowest BCUT2D eigenvalue weighted by atomic mass is 9.52. The molecule has 0 bridgehead atoms. The molecule has 1 amide bonds. The molecule has 2 aromatic rings. The van der Waals surface area contributed by atoms with Crippen molar-refractivity contribution < 1.29 is 47.4 Å². The van der Waals surface area contributed by atoms with Gasteiger partial charge in [-0.2, -0.15) is 13.2 Å². The number of alkyl halides is 3. The zero-order valence-electron chi connectivity index (χ0n) is 25.9. The number of likely N-dealkylation sites (tertiary alicyclic amines) is 1. The number of carbonyl (C=O) groups is 5. The number of nitrogens with zero attached hydrogens (tertiary/aromatic N) is 2. The summed E-state index contributed by atoms with van der Waals surface area (Å²) in [5.74, 6) is -12.5. The van der Waals surface area contributed by atoms with Crippen LogP contribution in [-0.2, 0) is 32.1 Å². The second kappa shape index (κ2) is 11.6. The Bertz CT molecular complexity index is 1680. The predicted molar refractivity (Wildman–Crippen MR) is 161 cm³/mol. The summed E-state index contributed by atoms with van der Waals surface area (Å²) in [6.45, 7) is 1.04. The summed E-state index contributed by atoms with van der Waals surface area (Å²) >= 11 is 0. The summed E-state index contributed by atoms with van der Waals surface area (Å²) in [5.41, 5.74) is 5.11. The number of likely N-dealkylation sites (N-methyl/N-ethyl adjacent to an activating group) is 1. The van der Waals surface area contributed by atoms with Crippen molar-refractivity contribution >= 4 is 29.0 Å². The van der Waals surface area contributed by atoms with Gasteiger partial charge in [-0.3, -0.25) is 33.8 Å². The molecule has 47 heavy (non-hydrogen) atoms. The summed E-state index contributed by atoms with van der Waals surface area (Å²) in [4.78, 5) is 70.4. The highest BCUT2D eigenvalue weighted by Gasteiger charge is 2.69. The molecule has 1 heterocycles. The van der Waals surface area contributed by atoms with Gasteiger partial charge >= 0.3 is 6.18 Å². The van der Waals surface area contributed by atoms with Crippen LogP contribution in [0.5, 0.6) is 5.75 Å². The van der Waals surface area contributed by atoms with Crippen LogP contribution in [0.25, 0.3) is 11.1 Å². The number of aliphatic hydroxyl groups is 1. The molecule has 3 aliphatic carbocycles. The monoisotopic (exact) mass is 655 g/mol. The van der Waals surface area contributed by atoms with Gasteiger partial charge in [0, 0.05) is 12.5 Å². The van der Waals surface area contributed by atoms with Crippen LogP contribution in [-0.4, -0.2) is 94.1 Å². The normalized spacial score (nSPS) is 30.2. The van der Waals surface area contributed by atoms with E-state index in [0.717, 1.165) is 5.56 Å². The fourth-order valence-corrected chi connectivity index (χ4v) is 8.39. The minimum absolute atomic E-state index is 0.0310. The van der Waals surface area contributed by atoms with Crippen LogP contribution in [0.15, 0.2) is 36.4 Å². The molecule has 0 aromatic heterocycles. The average Bonchev–Trinajstić information content (AvgIpc) is 2.99. The number of halogens is 3. The SMILES string of the molecule is CN(C)C1C(=O)C(C(N)=O)C(=O)[C@@]2(O)C(=O)C3C(=O)c4c(O)ccc(-c5cccc(CN6CCC(C(F)(F)F)CC6)c5)c4C[C@H]3C[C@@H]12. The van der Waals surface area contributed by atoms with Gasteiger partial charge in [0.1, 0.15) is 5.75 Å². The first kappa shape index (κ1) is 33.0. The van der Waals surface area contributed by atoms with Crippen molar-refractivity contribution in [3.63, 3.8) is 0 Å². The number of benzene rings is 2. The first-order valence-electron chi connectivity index (χ1n) is 15.6. The van der Waals surface area contributed by atoms with Gasteiger partial charge in [-0.15, -0.1) is 0 Å². The largest absolute Gasteiger partial charge is 0.507 e. The number of primary amides is 1. The Kier molecular flexibility index (Phi) is 8.17. The van der Waals surface area contributed by atoms with E-state index in [1.807, 2.05) is 23.1 Å². The minimum Gasteiger partial charge on any atom is -0.507 e. The number of phenols is 1. The smallest absolute Gasteiger partial charge is 0.391 e. The highest BCUT2D eigenvalue weighted by Crippen LogP contribution is 2.51. The van der Waals surface area contributed by atoms with Gasteiger partial charge in [0.05, 0.1) is 23.4 Å². The molecule has 250 valence electrons. The van der Waals surface area contributed by atoms with E-state index in [9.17, 15) is 47.4 Å². The Morgan fingerprint density at radius 1 is 1.06 bits per heavy atom. The van der Waals surface area contributed by atoms with E-state index in [4.69, 9.17) is 5.73 Å². The molecule has 2 aromatic carbocycles. The number of rotatable bonds is 5. The van der Waals surface area contributed by atoms with Crippen LogP contribution in [0.1, 0.15) is 40.7 Å². The third-order valence-electron chi connectivity index (χ3n) is 10.6. The molecule has 6 rings (SSSR count). The summed E-state index contributed by atoms with van der Waals surface area (Å²) in [7, 11) is 3.05. The summed E-state index contributed by atoms with van der Waals surface area (Å²) in [6.07, 6.45) is -4.09. The van der Waals surface area contributed by atoms with E-state index in [-0.39, 0.29) is 37.0 Å². The molecule has 6 atom stereocenters. The topological polar surface area (TPSA) is 158 Å². The van der Waals surface area contributed by atoms with Gasteiger partial charge in [-0.1, -0.05) is 24.3 Å². The third-order valence-corrected chi connectivity index (χ3v) is 10.6. The maximum absolute atomic E-state index is 14.1. The molecular formula is C34H36F3N3O7. The highest BCUT2D eigenvalue weighted by molar-refractivity contribution is 6.32. The quantitative estimate of drug-likeness (QED) is 0.411. The minimum atomic E-state index is -4.20. The molecule has 1 aliphatic heterocycles. The molecule has 2 saturated carbocycles. The Morgan fingerprint density at radius 3 is 2.36 bits per heavy atom. The van der Waals surface area contributed by atoms with Crippen LogP contribution in [0.2, 0.25) is 0 Å². The van der Waals surface area contributed by atoms with Gasteiger partial charge in [0.15, 0.2) is 34.7 Å². The van der Waals surface area contributed by atoms with Crippen molar-refractivity contribution in [2.45, 2.75) is 50.0 Å². The standard InChI is InChI=1S/C34H36F3N3O7/c1-39(2)27-22-14-18-13-21-20(17-5-3-4-16(12-17)15-40-10-8-19(9-11-40)34(35,36)37)6-7-23(41)25(21)28(42)24(18)30(44)33(22,47)31(45)26(29(27)43)32(38)46/h3-7,12,18-19,22,24,26-27,41,47H,8-11,13-15H2,1-2H3,(H2,38,46)/t18-,22-,24?,26?,27?,33-/m0/s1. The third kappa shape index (κ3) is 5.28. The van der Waals surface area contributed by atoms with E-state index in [0.29, 0.717) is 36.3 Å². The zero-order valence-corrected chi connectivity index (χ0v) is 25.9. The van der Waals surface area contributed by atoms with Crippen LogP contribution < -0.4 is 5.73 Å². The first-order valence-corrected chi connectivity index (χ1v) is 15.6. The maximum atomic E-state index is 14.1. The van der Waals surface area contributed by atoms with Crippen LogP contribution in [0.4, 0.5) is 13.2 Å². The van der Waals surface area contributed by atoms with E-state index in [1.54, 1.807) is 12.1 Å². The molecule has 1 saturated heterocycles. The lowest BCUT2D eigenvalue weighted by molar-refractivity contribution is -0.185. The molecule has 3 unspecified atom stereocenters.